The Bertz CT molecular complexity index is 1140. The van der Waals surface area contributed by atoms with Gasteiger partial charge in [0.05, 0.1) is 31.2 Å². The molecule has 3 aromatic rings. The molecule has 2 aromatic carbocycles. The van der Waals surface area contributed by atoms with Crippen LogP contribution in [0.1, 0.15) is 11.3 Å². The molecule has 2 heterocycles. The summed E-state index contributed by atoms with van der Waals surface area (Å²) in [5.41, 5.74) is 1.37. The predicted molar refractivity (Wildman–Crippen MR) is 114 cm³/mol. The number of ether oxygens (including phenoxy) is 1. The van der Waals surface area contributed by atoms with E-state index >= 15 is 0 Å². The number of furan rings is 1. The van der Waals surface area contributed by atoms with E-state index in [-0.39, 0.29) is 17.8 Å². The smallest absolute Gasteiger partial charge is 0.278 e. The molecule has 0 saturated heterocycles. The van der Waals surface area contributed by atoms with Crippen LogP contribution in [0.15, 0.2) is 71.0 Å². The number of nitrogens with zero attached hydrogens (tertiary/aromatic N) is 1. The van der Waals surface area contributed by atoms with Crippen molar-refractivity contribution >= 4 is 46.3 Å². The van der Waals surface area contributed by atoms with E-state index in [1.807, 2.05) is 0 Å². The normalized spacial score (nSPS) is 13.9. The molecule has 152 valence electrons. The van der Waals surface area contributed by atoms with Gasteiger partial charge in [-0.2, -0.15) is 0 Å². The first-order valence-corrected chi connectivity index (χ1v) is 9.73. The summed E-state index contributed by atoms with van der Waals surface area (Å²) in [6, 6.07) is 15.1. The van der Waals surface area contributed by atoms with Gasteiger partial charge in [-0.3, -0.25) is 14.5 Å². The van der Waals surface area contributed by atoms with Crippen LogP contribution in [0.4, 0.5) is 5.69 Å². The highest BCUT2D eigenvalue weighted by Crippen LogP contribution is 2.35. The van der Waals surface area contributed by atoms with Gasteiger partial charge in [-0.05, 0) is 48.0 Å². The summed E-state index contributed by atoms with van der Waals surface area (Å²) in [6.07, 6.45) is 1.49. The van der Waals surface area contributed by atoms with E-state index in [0.29, 0.717) is 32.8 Å². The molecule has 1 aromatic heterocycles. The molecule has 2 amide bonds. The lowest BCUT2D eigenvalue weighted by atomic mass is 10.0. The lowest BCUT2D eigenvalue weighted by Gasteiger charge is -2.14. The minimum absolute atomic E-state index is 0.0135. The molecule has 4 rings (SSSR count). The van der Waals surface area contributed by atoms with Crippen LogP contribution in [-0.2, 0) is 16.1 Å². The zero-order valence-electron chi connectivity index (χ0n) is 15.8. The van der Waals surface area contributed by atoms with Crippen molar-refractivity contribution in [1.29, 1.82) is 0 Å². The first-order valence-electron chi connectivity index (χ1n) is 8.97. The molecule has 0 fully saturated rings. The summed E-state index contributed by atoms with van der Waals surface area (Å²) in [7, 11) is 1.51. The van der Waals surface area contributed by atoms with Gasteiger partial charge >= 0.3 is 0 Å². The molecular weight excluding hydrogens is 427 g/mol. The second-order valence-corrected chi connectivity index (χ2v) is 7.38. The van der Waals surface area contributed by atoms with E-state index in [1.165, 1.54) is 13.4 Å². The third-order valence-electron chi connectivity index (χ3n) is 4.62. The average molecular weight is 443 g/mol. The summed E-state index contributed by atoms with van der Waals surface area (Å²) in [4.78, 5) is 27.6. The van der Waals surface area contributed by atoms with Gasteiger partial charge in [0.1, 0.15) is 17.2 Å². The molecule has 30 heavy (non-hydrogen) atoms. The zero-order chi connectivity index (χ0) is 21.3. The van der Waals surface area contributed by atoms with E-state index in [9.17, 15) is 9.59 Å². The Morgan fingerprint density at radius 1 is 1.00 bits per heavy atom. The van der Waals surface area contributed by atoms with Crippen LogP contribution in [0.2, 0.25) is 10.0 Å². The summed E-state index contributed by atoms with van der Waals surface area (Å²) in [5, 5.41) is 4.03. The Morgan fingerprint density at radius 2 is 1.73 bits per heavy atom. The maximum atomic E-state index is 13.2. The fourth-order valence-corrected chi connectivity index (χ4v) is 3.49. The maximum absolute atomic E-state index is 13.2. The number of anilines is 1. The molecule has 0 aliphatic carbocycles. The minimum atomic E-state index is -0.483. The second-order valence-electron chi connectivity index (χ2n) is 6.50. The summed E-state index contributed by atoms with van der Waals surface area (Å²) >= 11 is 12.1. The van der Waals surface area contributed by atoms with Gasteiger partial charge in [-0.25, -0.2) is 0 Å². The van der Waals surface area contributed by atoms with Crippen LogP contribution in [0.3, 0.4) is 0 Å². The van der Waals surface area contributed by atoms with Crippen LogP contribution < -0.4 is 10.1 Å². The number of halogens is 2. The van der Waals surface area contributed by atoms with E-state index in [1.54, 1.807) is 54.6 Å². The van der Waals surface area contributed by atoms with Crippen molar-refractivity contribution in [3.05, 3.63) is 87.9 Å². The van der Waals surface area contributed by atoms with Crippen molar-refractivity contribution in [3.8, 4) is 5.75 Å². The van der Waals surface area contributed by atoms with Crippen molar-refractivity contribution in [2.24, 2.45) is 0 Å². The Balaban J connectivity index is 1.79. The molecule has 1 aliphatic heterocycles. The van der Waals surface area contributed by atoms with E-state index in [2.05, 4.69) is 5.32 Å². The fourth-order valence-electron chi connectivity index (χ4n) is 3.19. The van der Waals surface area contributed by atoms with Crippen molar-refractivity contribution in [2.45, 2.75) is 6.54 Å². The number of amides is 2. The van der Waals surface area contributed by atoms with Crippen LogP contribution in [0.25, 0.3) is 5.57 Å². The third-order valence-corrected chi connectivity index (χ3v) is 5.10. The molecule has 0 atom stereocenters. The van der Waals surface area contributed by atoms with Gasteiger partial charge in [-0.15, -0.1) is 0 Å². The number of hydrogen-bond donors (Lipinski definition) is 1. The maximum Gasteiger partial charge on any atom is 0.278 e. The van der Waals surface area contributed by atoms with Crippen LogP contribution in [0.5, 0.6) is 5.75 Å². The number of methoxy groups -OCH3 is 1. The Kier molecular flexibility index (Phi) is 5.53. The summed E-state index contributed by atoms with van der Waals surface area (Å²) in [6.45, 7) is 0.0135. The second kappa shape index (κ2) is 8.26. The van der Waals surface area contributed by atoms with Crippen LogP contribution in [-0.4, -0.2) is 23.8 Å². The number of hydrogen-bond acceptors (Lipinski definition) is 5. The molecule has 1 N–H and O–H groups in total. The fraction of sp³-hybridized carbons (Fsp3) is 0.0909. The first-order chi connectivity index (χ1) is 14.5. The number of carbonyl (C=O) groups excluding carboxylic acids is 2. The molecule has 0 radical (unpaired) electrons. The Hall–Kier alpha value is -3.22. The van der Waals surface area contributed by atoms with Gasteiger partial charge in [0.15, 0.2) is 0 Å². The third kappa shape index (κ3) is 3.79. The highest BCUT2D eigenvalue weighted by molar-refractivity contribution is 6.37. The lowest BCUT2D eigenvalue weighted by Crippen LogP contribution is -2.31. The monoisotopic (exact) mass is 442 g/mol. The van der Waals surface area contributed by atoms with Gasteiger partial charge in [0, 0.05) is 10.0 Å². The SMILES string of the molecule is COc1ccc(Cl)cc1NC1=C(c2ccc(Cl)cc2)C(=O)N(Cc2ccco2)C1=O. The molecule has 0 unspecified atom stereocenters. The number of nitrogens with one attached hydrogen (secondary N) is 1. The van der Waals surface area contributed by atoms with Gasteiger partial charge in [0.2, 0.25) is 0 Å². The van der Waals surface area contributed by atoms with Crippen molar-refractivity contribution < 1.29 is 18.7 Å². The standard InChI is InChI=1S/C22H16Cl2N2O4/c1-29-18-9-8-15(24)11-17(18)25-20-19(13-4-6-14(23)7-5-13)21(27)26(22(20)28)12-16-3-2-10-30-16/h2-11,25H,12H2,1H3. The lowest BCUT2D eigenvalue weighted by molar-refractivity contribution is -0.137. The number of imide groups is 1. The quantitative estimate of drug-likeness (QED) is 0.544. The highest BCUT2D eigenvalue weighted by atomic mass is 35.5. The summed E-state index contributed by atoms with van der Waals surface area (Å²) in [5.74, 6) is 0.0476. The topological polar surface area (TPSA) is 71.8 Å². The van der Waals surface area contributed by atoms with Crippen molar-refractivity contribution in [2.75, 3.05) is 12.4 Å². The highest BCUT2D eigenvalue weighted by Gasteiger charge is 2.40. The number of rotatable bonds is 6. The van der Waals surface area contributed by atoms with Crippen molar-refractivity contribution in [3.63, 3.8) is 0 Å². The Morgan fingerprint density at radius 3 is 2.40 bits per heavy atom. The molecule has 0 bridgehead atoms. The minimum Gasteiger partial charge on any atom is -0.495 e. The van der Waals surface area contributed by atoms with Gasteiger partial charge in [0.25, 0.3) is 11.8 Å². The molecule has 6 nitrogen and oxygen atoms in total. The largest absolute Gasteiger partial charge is 0.495 e. The zero-order valence-corrected chi connectivity index (χ0v) is 17.3. The van der Waals surface area contributed by atoms with Crippen LogP contribution >= 0.6 is 23.2 Å². The Labute approximate surface area is 182 Å². The average Bonchev–Trinajstić information content (AvgIpc) is 3.32. The molecule has 1 aliphatic rings. The molecule has 8 heteroatoms. The number of carbonyl (C=O) groups is 2. The first kappa shape index (κ1) is 20.1. The van der Waals surface area contributed by atoms with E-state index in [0.717, 1.165) is 4.90 Å². The summed E-state index contributed by atoms with van der Waals surface area (Å²) < 4.78 is 10.7. The predicted octanol–water partition coefficient (Wildman–Crippen LogP) is 4.99. The molecule has 0 saturated carbocycles. The molecule has 0 spiro atoms. The number of benzene rings is 2. The van der Waals surface area contributed by atoms with Gasteiger partial charge < -0.3 is 14.5 Å². The molecular formula is C22H16Cl2N2O4. The van der Waals surface area contributed by atoms with Gasteiger partial charge in [-0.1, -0.05) is 35.3 Å². The van der Waals surface area contributed by atoms with E-state index < -0.39 is 11.8 Å². The van der Waals surface area contributed by atoms with E-state index in [4.69, 9.17) is 32.4 Å². The van der Waals surface area contributed by atoms with Crippen molar-refractivity contribution in [1.82, 2.24) is 4.90 Å². The van der Waals surface area contributed by atoms with Crippen LogP contribution in [0, 0.1) is 0 Å².